The maximum absolute atomic E-state index is 5.83. The fourth-order valence-corrected chi connectivity index (χ4v) is 1.33. The Hall–Kier alpha value is -1.83. The Bertz CT molecular complexity index is 435. The van der Waals surface area contributed by atoms with E-state index in [-0.39, 0.29) is 0 Å². The molecule has 0 aliphatic heterocycles. The average Bonchev–Trinajstić information content (AvgIpc) is 2.23. The van der Waals surface area contributed by atoms with Crippen molar-refractivity contribution in [1.82, 2.24) is 4.98 Å². The van der Waals surface area contributed by atoms with Crippen molar-refractivity contribution in [3.8, 4) is 11.3 Å². The SMILES string of the molecule is Cc1ccc(-c2ccccn2)cc1N. The first-order chi connectivity index (χ1) is 6.77. The lowest BCUT2D eigenvalue weighted by atomic mass is 10.1. The molecule has 0 atom stereocenters. The molecular formula is C12H12N2. The summed E-state index contributed by atoms with van der Waals surface area (Å²) in [5, 5.41) is 0. The zero-order valence-electron chi connectivity index (χ0n) is 8.07. The fraction of sp³-hybridized carbons (Fsp3) is 0.0833. The van der Waals surface area contributed by atoms with Gasteiger partial charge in [0.05, 0.1) is 5.69 Å². The summed E-state index contributed by atoms with van der Waals surface area (Å²) in [7, 11) is 0. The van der Waals surface area contributed by atoms with E-state index in [9.17, 15) is 0 Å². The highest BCUT2D eigenvalue weighted by molar-refractivity contribution is 5.65. The van der Waals surface area contributed by atoms with Crippen molar-refractivity contribution in [1.29, 1.82) is 0 Å². The molecule has 0 saturated carbocycles. The largest absolute Gasteiger partial charge is 0.398 e. The first-order valence-electron chi connectivity index (χ1n) is 4.55. The molecule has 0 amide bonds. The van der Waals surface area contributed by atoms with Crippen LogP contribution in [0.5, 0.6) is 0 Å². The molecular weight excluding hydrogens is 172 g/mol. The number of aromatic nitrogens is 1. The van der Waals surface area contributed by atoms with Gasteiger partial charge in [-0.25, -0.2) is 0 Å². The Balaban J connectivity index is 2.48. The van der Waals surface area contributed by atoms with Crippen LogP contribution < -0.4 is 5.73 Å². The molecule has 2 N–H and O–H groups in total. The molecule has 0 unspecified atom stereocenters. The van der Waals surface area contributed by atoms with Gasteiger partial charge in [0.2, 0.25) is 0 Å². The second kappa shape index (κ2) is 3.50. The van der Waals surface area contributed by atoms with Crippen LogP contribution in [-0.4, -0.2) is 4.98 Å². The van der Waals surface area contributed by atoms with Gasteiger partial charge in [0.1, 0.15) is 0 Å². The summed E-state index contributed by atoms with van der Waals surface area (Å²) in [5.41, 5.74) is 9.77. The van der Waals surface area contributed by atoms with Crippen LogP contribution in [0.4, 0.5) is 5.69 Å². The van der Waals surface area contributed by atoms with Crippen LogP contribution in [0.2, 0.25) is 0 Å². The standard InChI is InChI=1S/C12H12N2/c1-9-5-6-10(8-11(9)13)12-4-2-3-7-14-12/h2-8H,13H2,1H3. The van der Waals surface area contributed by atoms with E-state index < -0.39 is 0 Å². The number of nitrogens with zero attached hydrogens (tertiary/aromatic N) is 1. The Morgan fingerprint density at radius 3 is 2.64 bits per heavy atom. The molecule has 2 heteroatoms. The zero-order chi connectivity index (χ0) is 9.97. The molecule has 0 saturated heterocycles. The summed E-state index contributed by atoms with van der Waals surface area (Å²) in [6.45, 7) is 2.00. The molecule has 1 aromatic heterocycles. The number of aryl methyl sites for hydroxylation is 1. The molecule has 2 rings (SSSR count). The van der Waals surface area contributed by atoms with Gasteiger partial charge in [-0.05, 0) is 30.7 Å². The normalized spacial score (nSPS) is 10.1. The van der Waals surface area contributed by atoms with Gasteiger partial charge in [0.25, 0.3) is 0 Å². The molecule has 0 aliphatic carbocycles. The number of nitrogen functional groups attached to an aromatic ring is 1. The summed E-state index contributed by atoms with van der Waals surface area (Å²) in [6, 6.07) is 11.9. The van der Waals surface area contributed by atoms with Gasteiger partial charge in [0.15, 0.2) is 0 Å². The molecule has 2 nitrogen and oxygen atoms in total. The Kier molecular flexibility index (Phi) is 2.19. The quantitative estimate of drug-likeness (QED) is 0.692. The van der Waals surface area contributed by atoms with Crippen molar-refractivity contribution in [2.75, 3.05) is 5.73 Å². The lowest BCUT2D eigenvalue weighted by Crippen LogP contribution is -1.90. The minimum absolute atomic E-state index is 0.813. The minimum Gasteiger partial charge on any atom is -0.398 e. The molecule has 1 aromatic carbocycles. The monoisotopic (exact) mass is 184 g/mol. The van der Waals surface area contributed by atoms with Gasteiger partial charge >= 0.3 is 0 Å². The number of benzene rings is 1. The predicted octanol–water partition coefficient (Wildman–Crippen LogP) is 2.64. The minimum atomic E-state index is 0.813. The van der Waals surface area contributed by atoms with Crippen molar-refractivity contribution in [3.05, 3.63) is 48.2 Å². The smallest absolute Gasteiger partial charge is 0.0702 e. The third kappa shape index (κ3) is 1.59. The highest BCUT2D eigenvalue weighted by Gasteiger charge is 1.99. The molecule has 0 bridgehead atoms. The lowest BCUT2D eigenvalue weighted by molar-refractivity contribution is 1.32. The Labute approximate surface area is 83.4 Å². The molecule has 0 fully saturated rings. The van der Waals surface area contributed by atoms with Crippen LogP contribution in [0.25, 0.3) is 11.3 Å². The van der Waals surface area contributed by atoms with Crippen LogP contribution in [0, 0.1) is 6.92 Å². The van der Waals surface area contributed by atoms with E-state index in [0.29, 0.717) is 0 Å². The van der Waals surface area contributed by atoms with Crippen molar-refractivity contribution >= 4 is 5.69 Å². The fourth-order valence-electron chi connectivity index (χ4n) is 1.33. The third-order valence-electron chi connectivity index (χ3n) is 2.24. The summed E-state index contributed by atoms with van der Waals surface area (Å²) in [6.07, 6.45) is 1.78. The van der Waals surface area contributed by atoms with E-state index in [2.05, 4.69) is 4.98 Å². The van der Waals surface area contributed by atoms with Gasteiger partial charge in [-0.3, -0.25) is 4.98 Å². The number of pyridine rings is 1. The van der Waals surface area contributed by atoms with Crippen molar-refractivity contribution in [2.24, 2.45) is 0 Å². The van der Waals surface area contributed by atoms with Crippen LogP contribution in [0.1, 0.15) is 5.56 Å². The zero-order valence-corrected chi connectivity index (χ0v) is 8.07. The number of nitrogens with two attached hydrogens (primary N) is 1. The van der Waals surface area contributed by atoms with Crippen LogP contribution in [0.15, 0.2) is 42.6 Å². The van der Waals surface area contributed by atoms with E-state index in [4.69, 9.17) is 5.73 Å². The molecule has 70 valence electrons. The van der Waals surface area contributed by atoms with Gasteiger partial charge in [-0.2, -0.15) is 0 Å². The topological polar surface area (TPSA) is 38.9 Å². The first-order valence-corrected chi connectivity index (χ1v) is 4.55. The highest BCUT2D eigenvalue weighted by atomic mass is 14.7. The number of hydrogen-bond acceptors (Lipinski definition) is 2. The molecule has 14 heavy (non-hydrogen) atoms. The summed E-state index contributed by atoms with van der Waals surface area (Å²) in [5.74, 6) is 0. The second-order valence-electron chi connectivity index (χ2n) is 3.29. The van der Waals surface area contributed by atoms with Gasteiger partial charge < -0.3 is 5.73 Å². The van der Waals surface area contributed by atoms with Crippen LogP contribution >= 0.6 is 0 Å². The molecule has 0 radical (unpaired) electrons. The molecule has 0 aliphatic rings. The summed E-state index contributed by atoms with van der Waals surface area (Å²) >= 11 is 0. The van der Waals surface area contributed by atoms with Gasteiger partial charge in [-0.15, -0.1) is 0 Å². The van der Waals surface area contributed by atoms with Crippen molar-refractivity contribution in [2.45, 2.75) is 6.92 Å². The van der Waals surface area contributed by atoms with E-state index >= 15 is 0 Å². The number of rotatable bonds is 1. The Morgan fingerprint density at radius 2 is 2.00 bits per heavy atom. The molecule has 1 heterocycles. The molecule has 0 spiro atoms. The number of anilines is 1. The van der Waals surface area contributed by atoms with E-state index in [1.807, 2.05) is 43.3 Å². The maximum atomic E-state index is 5.83. The van der Waals surface area contributed by atoms with E-state index in [1.165, 1.54) is 0 Å². The predicted molar refractivity (Wildman–Crippen MR) is 58.8 cm³/mol. The van der Waals surface area contributed by atoms with E-state index in [1.54, 1.807) is 6.20 Å². The lowest BCUT2D eigenvalue weighted by Gasteiger charge is -2.03. The van der Waals surface area contributed by atoms with Crippen molar-refractivity contribution < 1.29 is 0 Å². The van der Waals surface area contributed by atoms with Gasteiger partial charge in [-0.1, -0.05) is 18.2 Å². The first kappa shape index (κ1) is 8.75. The summed E-state index contributed by atoms with van der Waals surface area (Å²) in [4.78, 5) is 4.26. The molecule has 2 aromatic rings. The van der Waals surface area contributed by atoms with Crippen molar-refractivity contribution in [3.63, 3.8) is 0 Å². The highest BCUT2D eigenvalue weighted by Crippen LogP contribution is 2.21. The van der Waals surface area contributed by atoms with Gasteiger partial charge in [0, 0.05) is 17.4 Å². The second-order valence-corrected chi connectivity index (χ2v) is 3.29. The summed E-state index contributed by atoms with van der Waals surface area (Å²) < 4.78 is 0. The maximum Gasteiger partial charge on any atom is 0.0702 e. The van der Waals surface area contributed by atoms with Crippen LogP contribution in [0.3, 0.4) is 0 Å². The number of hydrogen-bond donors (Lipinski definition) is 1. The van der Waals surface area contributed by atoms with E-state index in [0.717, 1.165) is 22.5 Å². The van der Waals surface area contributed by atoms with Crippen LogP contribution in [-0.2, 0) is 0 Å². The third-order valence-corrected chi connectivity index (χ3v) is 2.24. The Morgan fingerprint density at radius 1 is 1.14 bits per heavy atom. The average molecular weight is 184 g/mol.